The van der Waals surface area contributed by atoms with Crippen LogP contribution in [0, 0.1) is 23.7 Å². The zero-order valence-corrected chi connectivity index (χ0v) is 23.2. The number of hydrogen-bond donors (Lipinski definition) is 2. The van der Waals surface area contributed by atoms with Crippen LogP contribution >= 0.6 is 0 Å². The molecule has 8 heteroatoms. The highest BCUT2D eigenvalue weighted by Crippen LogP contribution is 2.32. The second-order valence-corrected chi connectivity index (χ2v) is 10.6. The first-order valence-corrected chi connectivity index (χ1v) is 13.7. The first-order chi connectivity index (χ1) is 18.7. The monoisotopic (exact) mass is 536 g/mol. The van der Waals surface area contributed by atoms with Crippen molar-refractivity contribution in [2.75, 3.05) is 6.61 Å². The Morgan fingerprint density at radius 1 is 0.949 bits per heavy atom. The third-order valence-corrected chi connectivity index (χ3v) is 7.23. The van der Waals surface area contributed by atoms with Crippen molar-refractivity contribution < 1.29 is 28.7 Å². The normalized spacial score (nSPS) is 18.8. The summed E-state index contributed by atoms with van der Waals surface area (Å²) in [6.45, 7) is 8.22. The van der Waals surface area contributed by atoms with E-state index in [0.29, 0.717) is 13.2 Å². The van der Waals surface area contributed by atoms with Crippen LogP contribution in [-0.2, 0) is 41.8 Å². The van der Waals surface area contributed by atoms with Gasteiger partial charge in [-0.3, -0.25) is 19.2 Å². The maximum atomic E-state index is 13.4. The summed E-state index contributed by atoms with van der Waals surface area (Å²) in [5.41, 5.74) is 1.91. The number of esters is 1. The third-order valence-electron chi connectivity index (χ3n) is 7.23. The van der Waals surface area contributed by atoms with E-state index in [4.69, 9.17) is 9.47 Å². The summed E-state index contributed by atoms with van der Waals surface area (Å²) in [4.78, 5) is 51.6. The van der Waals surface area contributed by atoms with Crippen LogP contribution in [-0.4, -0.2) is 42.3 Å². The molecule has 2 amide bonds. The summed E-state index contributed by atoms with van der Waals surface area (Å²) in [7, 11) is 0. The second-order valence-electron chi connectivity index (χ2n) is 10.6. The number of ketones is 1. The van der Waals surface area contributed by atoms with Crippen LogP contribution in [0.1, 0.15) is 51.7 Å². The molecule has 39 heavy (non-hydrogen) atoms. The fourth-order valence-corrected chi connectivity index (χ4v) is 4.60. The Hall–Kier alpha value is -3.52. The average molecular weight is 537 g/mol. The lowest BCUT2D eigenvalue weighted by Gasteiger charge is -2.38. The number of hydrogen-bond acceptors (Lipinski definition) is 6. The number of Topliss-reactive ketones (excluding diaryl/α,β-unsaturated/α-hetero) is 1. The van der Waals surface area contributed by atoms with Crippen molar-refractivity contribution in [1.82, 2.24) is 10.6 Å². The van der Waals surface area contributed by atoms with Crippen molar-refractivity contribution in [2.45, 2.75) is 65.8 Å². The SMILES string of the molecule is CC[C@H](C)[C@@H]1C(=O)O[C@H]1C(=O)N[C@H](C(=O)C[C@@H](COCc1ccccc1)C(=O)NCc1ccccc1)C(C)C. The van der Waals surface area contributed by atoms with Gasteiger partial charge in [0, 0.05) is 13.0 Å². The van der Waals surface area contributed by atoms with E-state index in [-0.39, 0.29) is 42.5 Å². The van der Waals surface area contributed by atoms with Gasteiger partial charge in [-0.1, -0.05) is 94.8 Å². The predicted octanol–water partition coefficient (Wildman–Crippen LogP) is 3.82. The van der Waals surface area contributed by atoms with Crippen LogP contribution in [0.25, 0.3) is 0 Å². The van der Waals surface area contributed by atoms with Crippen molar-refractivity contribution in [3.8, 4) is 0 Å². The quantitative estimate of drug-likeness (QED) is 0.335. The van der Waals surface area contributed by atoms with E-state index in [2.05, 4.69) is 10.6 Å². The molecule has 2 aromatic rings. The fraction of sp³-hybridized carbons (Fsp3) is 0.484. The summed E-state index contributed by atoms with van der Waals surface area (Å²) in [5, 5.41) is 5.71. The van der Waals surface area contributed by atoms with Crippen molar-refractivity contribution in [2.24, 2.45) is 23.7 Å². The summed E-state index contributed by atoms with van der Waals surface area (Å²) in [6, 6.07) is 18.3. The molecular formula is C31H40N2O6. The second kappa shape index (κ2) is 14.6. The average Bonchev–Trinajstić information content (AvgIpc) is 2.93. The standard InChI is InChI=1S/C31H40N2O6/c1-5-21(4)26-28(39-31(26)37)30(36)33-27(20(2)3)25(34)16-24(19-38-18-23-14-10-7-11-15-23)29(35)32-17-22-12-8-6-9-13-22/h6-15,20-21,24,26-28H,5,16-19H2,1-4H3,(H,32,35)(H,33,36)/t21-,24-,26-,27-,28+/m0/s1. The Bertz CT molecular complexity index is 1100. The number of benzene rings is 2. The lowest BCUT2D eigenvalue weighted by atomic mass is 9.82. The number of ether oxygens (including phenoxy) is 2. The number of carbonyl (C=O) groups excluding carboxylic acids is 4. The van der Waals surface area contributed by atoms with E-state index in [9.17, 15) is 19.2 Å². The molecule has 0 spiro atoms. The molecule has 0 radical (unpaired) electrons. The van der Waals surface area contributed by atoms with Crippen molar-refractivity contribution in [3.05, 3.63) is 71.8 Å². The Kier molecular flexibility index (Phi) is 11.2. The van der Waals surface area contributed by atoms with E-state index in [1.54, 1.807) is 0 Å². The van der Waals surface area contributed by atoms with E-state index < -0.39 is 29.9 Å². The molecular weight excluding hydrogens is 496 g/mol. The highest BCUT2D eigenvalue weighted by Gasteiger charge is 2.50. The molecule has 1 aliphatic heterocycles. The molecule has 1 heterocycles. The van der Waals surface area contributed by atoms with Crippen LogP contribution in [0.4, 0.5) is 0 Å². The van der Waals surface area contributed by atoms with Gasteiger partial charge in [0.15, 0.2) is 11.9 Å². The first-order valence-electron chi connectivity index (χ1n) is 13.7. The van der Waals surface area contributed by atoms with Gasteiger partial charge in [-0.2, -0.15) is 0 Å². The molecule has 1 fully saturated rings. The maximum absolute atomic E-state index is 13.4. The van der Waals surface area contributed by atoms with Gasteiger partial charge in [0.05, 0.1) is 25.2 Å². The summed E-state index contributed by atoms with van der Waals surface area (Å²) >= 11 is 0. The van der Waals surface area contributed by atoms with Gasteiger partial charge in [0.2, 0.25) is 5.91 Å². The molecule has 210 valence electrons. The number of nitrogens with one attached hydrogen (secondary N) is 2. The van der Waals surface area contributed by atoms with Gasteiger partial charge in [0.1, 0.15) is 5.92 Å². The Morgan fingerprint density at radius 2 is 1.56 bits per heavy atom. The van der Waals surface area contributed by atoms with Gasteiger partial charge in [0.25, 0.3) is 5.91 Å². The highest BCUT2D eigenvalue weighted by atomic mass is 16.6. The summed E-state index contributed by atoms with van der Waals surface area (Å²) < 4.78 is 11.0. The smallest absolute Gasteiger partial charge is 0.314 e. The van der Waals surface area contributed by atoms with Crippen molar-refractivity contribution in [1.29, 1.82) is 0 Å². The van der Waals surface area contributed by atoms with Crippen LogP contribution < -0.4 is 10.6 Å². The van der Waals surface area contributed by atoms with Crippen molar-refractivity contribution >= 4 is 23.6 Å². The predicted molar refractivity (Wildman–Crippen MR) is 147 cm³/mol. The van der Waals surface area contributed by atoms with Crippen LogP contribution in [0.3, 0.4) is 0 Å². The van der Waals surface area contributed by atoms with E-state index in [1.165, 1.54) is 0 Å². The van der Waals surface area contributed by atoms with Crippen LogP contribution in [0.15, 0.2) is 60.7 Å². The molecule has 5 atom stereocenters. The van der Waals surface area contributed by atoms with E-state index in [0.717, 1.165) is 17.5 Å². The minimum atomic E-state index is -0.902. The lowest BCUT2D eigenvalue weighted by molar-refractivity contribution is -0.193. The number of rotatable bonds is 15. The molecule has 2 N–H and O–H groups in total. The topological polar surface area (TPSA) is 111 Å². The lowest BCUT2D eigenvalue weighted by Crippen LogP contribution is -2.59. The van der Waals surface area contributed by atoms with Crippen LogP contribution in [0.5, 0.6) is 0 Å². The van der Waals surface area contributed by atoms with Gasteiger partial charge in [-0.15, -0.1) is 0 Å². The largest absolute Gasteiger partial charge is 0.451 e. The van der Waals surface area contributed by atoms with Gasteiger partial charge in [-0.25, -0.2) is 0 Å². The molecule has 0 unspecified atom stereocenters. The number of carbonyl (C=O) groups is 4. The molecule has 1 saturated heterocycles. The molecule has 0 aliphatic carbocycles. The molecule has 0 saturated carbocycles. The minimum absolute atomic E-state index is 0.00495. The molecule has 0 bridgehead atoms. The van der Waals surface area contributed by atoms with Crippen LogP contribution in [0.2, 0.25) is 0 Å². The molecule has 3 rings (SSSR count). The van der Waals surface area contributed by atoms with E-state index in [1.807, 2.05) is 88.4 Å². The zero-order valence-electron chi connectivity index (χ0n) is 23.2. The first kappa shape index (κ1) is 30.0. The fourth-order valence-electron chi connectivity index (χ4n) is 4.60. The molecule has 2 aromatic carbocycles. The van der Waals surface area contributed by atoms with Gasteiger partial charge in [-0.05, 0) is 23.0 Å². The van der Waals surface area contributed by atoms with Gasteiger partial charge >= 0.3 is 5.97 Å². The third kappa shape index (κ3) is 8.48. The number of cyclic esters (lactones) is 1. The summed E-state index contributed by atoms with van der Waals surface area (Å²) in [5.74, 6) is -2.91. The highest BCUT2D eigenvalue weighted by molar-refractivity contribution is 5.97. The Balaban J connectivity index is 1.66. The Labute approximate surface area is 230 Å². The Morgan fingerprint density at radius 3 is 2.13 bits per heavy atom. The maximum Gasteiger partial charge on any atom is 0.314 e. The van der Waals surface area contributed by atoms with Gasteiger partial charge < -0.3 is 20.1 Å². The molecule has 0 aromatic heterocycles. The van der Waals surface area contributed by atoms with Crippen molar-refractivity contribution in [3.63, 3.8) is 0 Å². The zero-order chi connectivity index (χ0) is 28.4. The minimum Gasteiger partial charge on any atom is -0.451 e. The number of amides is 2. The van der Waals surface area contributed by atoms with E-state index >= 15 is 0 Å². The molecule has 1 aliphatic rings. The molecule has 8 nitrogen and oxygen atoms in total. The summed E-state index contributed by atoms with van der Waals surface area (Å²) in [6.07, 6.45) is -0.267.